The smallest absolute Gasteiger partial charge is 0.335 e. The molecule has 1 aliphatic heterocycles. The van der Waals surface area contributed by atoms with Gasteiger partial charge < -0.3 is 29.7 Å². The number of halogens is 1. The van der Waals surface area contributed by atoms with E-state index in [9.17, 15) is 14.0 Å². The van der Waals surface area contributed by atoms with Crippen molar-refractivity contribution in [3.63, 3.8) is 0 Å². The number of oxazole rings is 1. The minimum absolute atomic E-state index is 0.203. The molecule has 4 rings (SSSR count). The molecule has 1 saturated heterocycles. The number of benzene rings is 1. The van der Waals surface area contributed by atoms with Crippen molar-refractivity contribution in [1.29, 1.82) is 0 Å². The fraction of sp³-hybridized carbons (Fsp3) is 0.385. The standard InChI is InChI=1S/C22H24FN3O.C4H6O6/c1-16-21(9-12-26-11-8-17(13-23)15-26)27-22(25-16)19-6-4-18(5-7-19)20-3-2-10-24-14-20;5-1(3(7)8)2(6)4(9)10/h2-7,10,14,17H,8-9,11-13,15H2,1H3;1-2,5-6H,(H,7,8)(H,9,10)/t17-;1-,2-/m01/s1. The Labute approximate surface area is 213 Å². The average Bonchev–Trinajstić information content (AvgIpc) is 3.53. The molecule has 1 aliphatic rings. The van der Waals surface area contributed by atoms with Crippen LogP contribution < -0.4 is 0 Å². The first-order chi connectivity index (χ1) is 17.7. The molecule has 3 heterocycles. The zero-order valence-corrected chi connectivity index (χ0v) is 20.3. The number of aryl methyl sites for hydroxylation is 1. The highest BCUT2D eigenvalue weighted by Gasteiger charge is 2.29. The van der Waals surface area contributed by atoms with Gasteiger partial charge in [0.1, 0.15) is 5.76 Å². The SMILES string of the molecule is Cc1nc(-c2ccc(-c3cccnc3)cc2)oc1CCN1CC[C@@H](CF)C1.O=C(O)[C@H](O)[C@@H](O)C(=O)O. The number of pyridine rings is 1. The van der Waals surface area contributed by atoms with Gasteiger partial charge in [0.05, 0.1) is 12.4 Å². The molecule has 3 atom stereocenters. The molecule has 37 heavy (non-hydrogen) atoms. The lowest BCUT2D eigenvalue weighted by molar-refractivity contribution is -0.165. The normalized spacial score (nSPS) is 17.0. The quantitative estimate of drug-likeness (QED) is 0.334. The van der Waals surface area contributed by atoms with Crippen LogP contribution in [0.3, 0.4) is 0 Å². The van der Waals surface area contributed by atoms with Crippen LogP contribution in [0.2, 0.25) is 0 Å². The van der Waals surface area contributed by atoms with Gasteiger partial charge in [0, 0.05) is 43.4 Å². The Morgan fingerprint density at radius 1 is 1.08 bits per heavy atom. The number of aliphatic hydroxyl groups excluding tert-OH is 2. The number of likely N-dealkylation sites (tertiary alicyclic amines) is 1. The lowest BCUT2D eigenvalue weighted by Gasteiger charge is -2.14. The molecule has 0 aliphatic carbocycles. The third-order valence-electron chi connectivity index (χ3n) is 6.07. The highest BCUT2D eigenvalue weighted by Crippen LogP contribution is 2.26. The van der Waals surface area contributed by atoms with E-state index in [0.717, 1.165) is 60.6 Å². The number of alkyl halides is 1. The third-order valence-corrected chi connectivity index (χ3v) is 6.07. The van der Waals surface area contributed by atoms with E-state index in [-0.39, 0.29) is 12.6 Å². The number of rotatable bonds is 9. The van der Waals surface area contributed by atoms with Gasteiger partial charge in [-0.2, -0.15) is 0 Å². The molecule has 0 saturated carbocycles. The third kappa shape index (κ3) is 7.66. The number of carboxylic acid groups (broad SMARTS) is 2. The topological polar surface area (TPSA) is 157 Å². The monoisotopic (exact) mass is 515 g/mol. The molecule has 1 fully saturated rings. The van der Waals surface area contributed by atoms with Crippen molar-refractivity contribution in [1.82, 2.24) is 14.9 Å². The number of carboxylic acids is 2. The number of carbonyl (C=O) groups is 2. The Balaban J connectivity index is 0.000000325. The lowest BCUT2D eigenvalue weighted by atomic mass is 10.1. The number of nitrogens with zero attached hydrogens (tertiary/aromatic N) is 3. The average molecular weight is 516 g/mol. The number of aliphatic carboxylic acids is 2. The van der Waals surface area contributed by atoms with Gasteiger partial charge in [-0.25, -0.2) is 14.6 Å². The summed E-state index contributed by atoms with van der Waals surface area (Å²) in [5.41, 5.74) is 4.11. The molecule has 0 amide bonds. The predicted molar refractivity (Wildman–Crippen MR) is 131 cm³/mol. The summed E-state index contributed by atoms with van der Waals surface area (Å²) in [7, 11) is 0. The summed E-state index contributed by atoms with van der Waals surface area (Å²) in [6.07, 6.45) is 0.865. The number of hydrogen-bond acceptors (Lipinski definition) is 8. The molecular weight excluding hydrogens is 485 g/mol. The van der Waals surface area contributed by atoms with E-state index >= 15 is 0 Å². The van der Waals surface area contributed by atoms with Crippen LogP contribution in [-0.4, -0.2) is 85.7 Å². The second-order valence-electron chi connectivity index (χ2n) is 8.77. The van der Waals surface area contributed by atoms with Crippen LogP contribution in [0.15, 0.2) is 53.2 Å². The van der Waals surface area contributed by atoms with E-state index in [4.69, 9.17) is 24.8 Å². The molecule has 3 aromatic rings. The van der Waals surface area contributed by atoms with Crippen LogP contribution in [0, 0.1) is 12.8 Å². The van der Waals surface area contributed by atoms with Gasteiger partial charge in [-0.3, -0.25) is 9.37 Å². The Hall–Kier alpha value is -3.67. The summed E-state index contributed by atoms with van der Waals surface area (Å²) in [6.45, 7) is 4.50. The molecule has 0 radical (unpaired) electrons. The molecule has 0 unspecified atom stereocenters. The number of aliphatic hydroxyl groups is 2. The van der Waals surface area contributed by atoms with Crippen LogP contribution >= 0.6 is 0 Å². The predicted octanol–water partition coefficient (Wildman–Crippen LogP) is 2.42. The highest BCUT2D eigenvalue weighted by molar-refractivity contribution is 5.83. The second-order valence-corrected chi connectivity index (χ2v) is 8.77. The first kappa shape index (κ1) is 27.9. The first-order valence-electron chi connectivity index (χ1n) is 11.8. The zero-order chi connectivity index (χ0) is 26.9. The summed E-state index contributed by atoms with van der Waals surface area (Å²) < 4.78 is 18.8. The molecule has 11 heteroatoms. The van der Waals surface area contributed by atoms with Crippen molar-refractivity contribution >= 4 is 11.9 Å². The van der Waals surface area contributed by atoms with Crippen LogP contribution in [-0.2, 0) is 16.0 Å². The van der Waals surface area contributed by atoms with Gasteiger partial charge in [0.2, 0.25) is 5.89 Å². The van der Waals surface area contributed by atoms with Gasteiger partial charge in [-0.15, -0.1) is 0 Å². The number of hydrogen-bond donors (Lipinski definition) is 4. The molecule has 0 bridgehead atoms. The fourth-order valence-electron chi connectivity index (χ4n) is 3.89. The summed E-state index contributed by atoms with van der Waals surface area (Å²) in [5, 5.41) is 32.5. The molecule has 0 spiro atoms. The minimum Gasteiger partial charge on any atom is -0.479 e. The Bertz CT molecular complexity index is 1150. The van der Waals surface area contributed by atoms with Crippen molar-refractivity contribution in [3.8, 4) is 22.6 Å². The number of aromatic nitrogens is 2. The van der Waals surface area contributed by atoms with E-state index in [2.05, 4.69) is 27.0 Å². The molecular formula is C26H30FN3O7. The van der Waals surface area contributed by atoms with Crippen LogP contribution in [0.25, 0.3) is 22.6 Å². The Morgan fingerprint density at radius 2 is 1.73 bits per heavy atom. The van der Waals surface area contributed by atoms with E-state index in [1.165, 1.54) is 0 Å². The maximum absolute atomic E-state index is 12.8. The second kappa shape index (κ2) is 13.0. The van der Waals surface area contributed by atoms with Crippen molar-refractivity contribution in [2.24, 2.45) is 5.92 Å². The fourth-order valence-corrected chi connectivity index (χ4v) is 3.89. The van der Waals surface area contributed by atoms with Crippen LogP contribution in [0.5, 0.6) is 0 Å². The molecule has 2 aromatic heterocycles. The molecule has 1 aromatic carbocycles. The minimum atomic E-state index is -2.27. The van der Waals surface area contributed by atoms with E-state index in [1.807, 2.05) is 37.4 Å². The molecule has 10 nitrogen and oxygen atoms in total. The maximum atomic E-state index is 12.8. The van der Waals surface area contributed by atoms with E-state index in [1.54, 1.807) is 6.20 Å². The Morgan fingerprint density at radius 3 is 2.27 bits per heavy atom. The molecule has 198 valence electrons. The van der Waals surface area contributed by atoms with Gasteiger partial charge in [0.15, 0.2) is 12.2 Å². The van der Waals surface area contributed by atoms with Crippen molar-refractivity contribution in [3.05, 3.63) is 60.2 Å². The van der Waals surface area contributed by atoms with E-state index in [0.29, 0.717) is 5.89 Å². The summed E-state index contributed by atoms with van der Waals surface area (Å²) in [4.78, 5) is 30.6. The van der Waals surface area contributed by atoms with Gasteiger partial charge in [-0.05, 0) is 49.2 Å². The van der Waals surface area contributed by atoms with Crippen LogP contribution in [0.1, 0.15) is 17.9 Å². The largest absolute Gasteiger partial charge is 0.479 e. The molecule has 4 N–H and O–H groups in total. The lowest BCUT2D eigenvalue weighted by Crippen LogP contribution is -2.39. The summed E-state index contributed by atoms with van der Waals surface area (Å²) >= 11 is 0. The highest BCUT2D eigenvalue weighted by atomic mass is 19.1. The Kier molecular flexibility index (Phi) is 9.84. The summed E-state index contributed by atoms with van der Waals surface area (Å²) in [5.74, 6) is -1.76. The summed E-state index contributed by atoms with van der Waals surface area (Å²) in [6, 6.07) is 12.2. The van der Waals surface area contributed by atoms with Crippen LogP contribution in [0.4, 0.5) is 4.39 Å². The van der Waals surface area contributed by atoms with E-state index < -0.39 is 24.1 Å². The van der Waals surface area contributed by atoms with Crippen molar-refractivity contribution < 1.29 is 38.8 Å². The maximum Gasteiger partial charge on any atom is 0.335 e. The van der Waals surface area contributed by atoms with Crippen molar-refractivity contribution in [2.45, 2.75) is 32.0 Å². The zero-order valence-electron chi connectivity index (χ0n) is 20.3. The van der Waals surface area contributed by atoms with Gasteiger partial charge in [-0.1, -0.05) is 18.2 Å². The first-order valence-corrected chi connectivity index (χ1v) is 11.8. The van der Waals surface area contributed by atoms with Gasteiger partial charge in [0.25, 0.3) is 0 Å². The van der Waals surface area contributed by atoms with Gasteiger partial charge >= 0.3 is 11.9 Å². The van der Waals surface area contributed by atoms with Crippen molar-refractivity contribution in [2.75, 3.05) is 26.3 Å².